The summed E-state index contributed by atoms with van der Waals surface area (Å²) in [5.74, 6) is 0.283. The minimum absolute atomic E-state index is 0.130. The molecule has 2 amide bonds. The largest absolute Gasteiger partial charge is 0.389 e. The second-order valence-electron chi connectivity index (χ2n) is 3.86. The first-order valence-corrected chi connectivity index (χ1v) is 5.82. The first-order chi connectivity index (χ1) is 6.81. The van der Waals surface area contributed by atoms with Gasteiger partial charge in [-0.3, -0.25) is 9.59 Å². The Hall–Kier alpha value is -0.750. The predicted molar refractivity (Wildman–Crippen MR) is 60.4 cm³/mol. The molecule has 0 aliphatic heterocycles. The van der Waals surface area contributed by atoms with Gasteiger partial charge in [-0.15, -0.1) is 0 Å². The van der Waals surface area contributed by atoms with Gasteiger partial charge in [-0.05, 0) is 13.8 Å². The minimum Gasteiger partial charge on any atom is -0.389 e. The fourth-order valence-electron chi connectivity index (χ4n) is 0.741. The van der Waals surface area contributed by atoms with E-state index in [0.29, 0.717) is 12.2 Å². The molecule has 4 N–H and O–H groups in total. The lowest BCUT2D eigenvalue weighted by molar-refractivity contribution is -0.121. The van der Waals surface area contributed by atoms with E-state index in [0.717, 1.165) is 0 Å². The molecule has 0 unspecified atom stereocenters. The van der Waals surface area contributed by atoms with E-state index in [2.05, 4.69) is 5.32 Å². The SMILES string of the molecule is CC(C)(O)CNC(=O)CCSCC(N)=O. The van der Waals surface area contributed by atoms with Crippen LogP contribution < -0.4 is 11.1 Å². The molecule has 0 aliphatic carbocycles. The van der Waals surface area contributed by atoms with Crippen molar-refractivity contribution in [3.8, 4) is 0 Å². The van der Waals surface area contributed by atoms with Gasteiger partial charge in [0.25, 0.3) is 0 Å². The maximum absolute atomic E-state index is 11.2. The topological polar surface area (TPSA) is 92.4 Å². The normalized spacial score (nSPS) is 11.1. The Bertz CT molecular complexity index is 226. The second-order valence-corrected chi connectivity index (χ2v) is 4.96. The Balaban J connectivity index is 3.46. The highest BCUT2D eigenvalue weighted by molar-refractivity contribution is 7.99. The van der Waals surface area contributed by atoms with Crippen molar-refractivity contribution in [1.29, 1.82) is 0 Å². The maximum Gasteiger partial charge on any atom is 0.227 e. The number of carbonyl (C=O) groups is 2. The van der Waals surface area contributed by atoms with E-state index in [-0.39, 0.29) is 24.1 Å². The molecule has 0 bridgehead atoms. The summed E-state index contributed by atoms with van der Waals surface area (Å²) in [6, 6.07) is 0. The van der Waals surface area contributed by atoms with Crippen LogP contribution in [0.1, 0.15) is 20.3 Å². The predicted octanol–water partition coefficient (Wildman–Crippen LogP) is -0.518. The number of nitrogens with two attached hydrogens (primary N) is 1. The molecule has 0 heterocycles. The van der Waals surface area contributed by atoms with Crippen LogP contribution >= 0.6 is 11.8 Å². The number of primary amides is 1. The molecule has 0 aromatic rings. The lowest BCUT2D eigenvalue weighted by Crippen LogP contribution is -2.38. The molecule has 0 aliphatic rings. The highest BCUT2D eigenvalue weighted by Gasteiger charge is 2.13. The molecule has 0 rings (SSSR count). The van der Waals surface area contributed by atoms with Gasteiger partial charge in [0, 0.05) is 18.7 Å². The van der Waals surface area contributed by atoms with Crippen molar-refractivity contribution in [3.05, 3.63) is 0 Å². The zero-order chi connectivity index (χ0) is 11.9. The van der Waals surface area contributed by atoms with E-state index in [9.17, 15) is 14.7 Å². The number of amides is 2. The number of rotatable bonds is 7. The maximum atomic E-state index is 11.2. The fourth-order valence-corrected chi connectivity index (χ4v) is 1.42. The summed E-state index contributed by atoms with van der Waals surface area (Å²) in [4.78, 5) is 21.6. The summed E-state index contributed by atoms with van der Waals surface area (Å²) in [5, 5.41) is 11.9. The Morgan fingerprint density at radius 1 is 1.47 bits per heavy atom. The van der Waals surface area contributed by atoms with Gasteiger partial charge in [-0.25, -0.2) is 0 Å². The Labute approximate surface area is 93.8 Å². The Morgan fingerprint density at radius 3 is 2.53 bits per heavy atom. The second kappa shape index (κ2) is 6.68. The standard InChI is InChI=1S/C9H18N2O3S/c1-9(2,14)6-11-8(13)3-4-15-5-7(10)12/h14H,3-6H2,1-2H3,(H2,10,12)(H,11,13). The van der Waals surface area contributed by atoms with E-state index in [1.807, 2.05) is 0 Å². The average molecular weight is 234 g/mol. The number of aliphatic hydroxyl groups is 1. The Morgan fingerprint density at radius 2 is 2.07 bits per heavy atom. The van der Waals surface area contributed by atoms with Gasteiger partial charge in [0.2, 0.25) is 11.8 Å². The number of carbonyl (C=O) groups excluding carboxylic acids is 2. The third kappa shape index (κ3) is 11.2. The minimum atomic E-state index is -0.893. The molecule has 0 fully saturated rings. The quantitative estimate of drug-likeness (QED) is 0.517. The zero-order valence-corrected chi connectivity index (χ0v) is 9.89. The number of hydrogen-bond acceptors (Lipinski definition) is 4. The lowest BCUT2D eigenvalue weighted by atomic mass is 10.1. The molecule has 0 atom stereocenters. The van der Waals surface area contributed by atoms with E-state index in [1.54, 1.807) is 13.8 Å². The van der Waals surface area contributed by atoms with Crippen LogP contribution in [0.15, 0.2) is 0 Å². The number of hydrogen-bond donors (Lipinski definition) is 3. The van der Waals surface area contributed by atoms with Crippen LogP contribution in [0.3, 0.4) is 0 Å². The van der Waals surface area contributed by atoms with Crippen LogP contribution in [-0.2, 0) is 9.59 Å². The summed E-state index contributed by atoms with van der Waals surface area (Å²) >= 11 is 1.33. The zero-order valence-electron chi connectivity index (χ0n) is 9.08. The van der Waals surface area contributed by atoms with Gasteiger partial charge < -0.3 is 16.2 Å². The van der Waals surface area contributed by atoms with Crippen molar-refractivity contribution in [1.82, 2.24) is 5.32 Å². The van der Waals surface area contributed by atoms with Crippen molar-refractivity contribution in [2.45, 2.75) is 25.9 Å². The van der Waals surface area contributed by atoms with Crippen LogP contribution in [0.2, 0.25) is 0 Å². The lowest BCUT2D eigenvalue weighted by Gasteiger charge is -2.17. The fraction of sp³-hybridized carbons (Fsp3) is 0.778. The molecule has 88 valence electrons. The molecule has 15 heavy (non-hydrogen) atoms. The van der Waals surface area contributed by atoms with Crippen molar-refractivity contribution < 1.29 is 14.7 Å². The molecular weight excluding hydrogens is 216 g/mol. The van der Waals surface area contributed by atoms with E-state index in [4.69, 9.17) is 5.73 Å². The van der Waals surface area contributed by atoms with Gasteiger partial charge in [-0.2, -0.15) is 11.8 Å². The summed E-state index contributed by atoms with van der Waals surface area (Å²) < 4.78 is 0. The summed E-state index contributed by atoms with van der Waals surface area (Å²) in [7, 11) is 0. The molecule has 0 saturated heterocycles. The molecule has 0 spiro atoms. The van der Waals surface area contributed by atoms with Crippen molar-refractivity contribution in [2.75, 3.05) is 18.1 Å². The molecule has 0 aromatic carbocycles. The summed E-state index contributed by atoms with van der Waals surface area (Å²) in [6.45, 7) is 3.47. The van der Waals surface area contributed by atoms with E-state index in [1.165, 1.54) is 11.8 Å². The van der Waals surface area contributed by atoms with Crippen molar-refractivity contribution in [2.24, 2.45) is 5.73 Å². The highest BCUT2D eigenvalue weighted by Crippen LogP contribution is 2.02. The number of nitrogens with one attached hydrogen (secondary N) is 1. The number of thioether (sulfide) groups is 1. The molecule has 0 aromatic heterocycles. The molecule has 5 nitrogen and oxygen atoms in total. The third-order valence-corrected chi connectivity index (χ3v) is 2.42. The van der Waals surface area contributed by atoms with Crippen molar-refractivity contribution in [3.63, 3.8) is 0 Å². The van der Waals surface area contributed by atoms with Crippen LogP contribution in [0.5, 0.6) is 0 Å². The van der Waals surface area contributed by atoms with Gasteiger partial charge in [0.1, 0.15) is 0 Å². The van der Waals surface area contributed by atoms with Crippen molar-refractivity contribution >= 4 is 23.6 Å². The monoisotopic (exact) mass is 234 g/mol. The highest BCUT2D eigenvalue weighted by atomic mass is 32.2. The van der Waals surface area contributed by atoms with Crippen LogP contribution in [-0.4, -0.2) is 40.6 Å². The Kier molecular flexibility index (Phi) is 6.35. The van der Waals surface area contributed by atoms with Gasteiger partial charge >= 0.3 is 0 Å². The van der Waals surface area contributed by atoms with Crippen LogP contribution in [0.25, 0.3) is 0 Å². The molecule has 0 radical (unpaired) electrons. The summed E-state index contributed by atoms with van der Waals surface area (Å²) in [6.07, 6.45) is 0.327. The van der Waals surface area contributed by atoms with Gasteiger partial charge in [0.05, 0.1) is 11.4 Å². The van der Waals surface area contributed by atoms with Crippen LogP contribution in [0.4, 0.5) is 0 Å². The summed E-state index contributed by atoms with van der Waals surface area (Å²) in [5.41, 5.74) is 4.04. The molecular formula is C9H18N2O3S. The van der Waals surface area contributed by atoms with Gasteiger partial charge in [0.15, 0.2) is 0 Å². The third-order valence-electron chi connectivity index (χ3n) is 1.44. The first-order valence-electron chi connectivity index (χ1n) is 4.66. The smallest absolute Gasteiger partial charge is 0.227 e. The van der Waals surface area contributed by atoms with E-state index < -0.39 is 5.60 Å². The average Bonchev–Trinajstić information content (AvgIpc) is 2.07. The molecule has 0 saturated carbocycles. The van der Waals surface area contributed by atoms with Crippen LogP contribution in [0, 0.1) is 0 Å². The van der Waals surface area contributed by atoms with E-state index >= 15 is 0 Å². The molecule has 6 heteroatoms. The first kappa shape index (κ1) is 14.2. The van der Waals surface area contributed by atoms with Gasteiger partial charge in [-0.1, -0.05) is 0 Å².